The number of ether oxygens (including phenoxy) is 1. The van der Waals surface area contributed by atoms with Gasteiger partial charge in [0.2, 0.25) is 11.8 Å². The van der Waals surface area contributed by atoms with E-state index in [0.717, 1.165) is 6.42 Å². The smallest absolute Gasteiger partial charge is 0.411 e. The zero-order valence-electron chi connectivity index (χ0n) is 14.2. The topological polar surface area (TPSA) is 75.7 Å². The van der Waals surface area contributed by atoms with Crippen molar-refractivity contribution in [3.63, 3.8) is 0 Å². The van der Waals surface area contributed by atoms with Crippen LogP contribution in [0.4, 0.5) is 16.2 Å². The molecule has 6 nitrogen and oxygen atoms in total. The van der Waals surface area contributed by atoms with Crippen LogP contribution < -0.4 is 10.2 Å². The molecule has 0 spiro atoms. The molecule has 1 heterocycles. The summed E-state index contributed by atoms with van der Waals surface area (Å²) >= 11 is 0. The summed E-state index contributed by atoms with van der Waals surface area (Å²) in [5.74, 6) is -0.353. The number of rotatable bonds is 3. The van der Waals surface area contributed by atoms with Gasteiger partial charge in [-0.3, -0.25) is 14.9 Å². The second-order valence-corrected chi connectivity index (χ2v) is 6.81. The van der Waals surface area contributed by atoms with E-state index in [1.807, 2.05) is 0 Å². The molecule has 6 heteroatoms. The van der Waals surface area contributed by atoms with Crippen LogP contribution >= 0.6 is 0 Å². The highest BCUT2D eigenvalue weighted by atomic mass is 16.5. The molecule has 0 aromatic heterocycles. The SMILES string of the molecule is CCOC(=O)Nc1cccc(N2C(=O)C3C4C=CC(C4)C3C2=O)c1C. The molecule has 2 bridgehead atoms. The van der Waals surface area contributed by atoms with Crippen LogP contribution in [0.25, 0.3) is 0 Å². The number of carbonyl (C=O) groups excluding carboxylic acids is 3. The van der Waals surface area contributed by atoms with E-state index in [-0.39, 0.29) is 42.1 Å². The first-order valence-corrected chi connectivity index (χ1v) is 8.62. The lowest BCUT2D eigenvalue weighted by Gasteiger charge is -2.21. The zero-order valence-corrected chi connectivity index (χ0v) is 14.2. The average Bonchev–Trinajstić information content (AvgIpc) is 3.25. The van der Waals surface area contributed by atoms with Crippen LogP contribution in [0.1, 0.15) is 18.9 Å². The molecule has 1 saturated heterocycles. The van der Waals surface area contributed by atoms with E-state index in [2.05, 4.69) is 17.5 Å². The number of allylic oxidation sites excluding steroid dienone is 2. The van der Waals surface area contributed by atoms with Gasteiger partial charge in [-0.1, -0.05) is 18.2 Å². The third-order valence-corrected chi connectivity index (χ3v) is 5.53. The molecule has 4 unspecified atom stereocenters. The summed E-state index contributed by atoms with van der Waals surface area (Å²) in [6, 6.07) is 5.20. The van der Waals surface area contributed by atoms with E-state index < -0.39 is 6.09 Å². The van der Waals surface area contributed by atoms with Gasteiger partial charge in [-0.05, 0) is 49.8 Å². The monoisotopic (exact) mass is 340 g/mol. The third kappa shape index (κ3) is 2.27. The van der Waals surface area contributed by atoms with Gasteiger partial charge in [0.1, 0.15) is 0 Å². The van der Waals surface area contributed by atoms with E-state index in [1.165, 1.54) is 4.90 Å². The van der Waals surface area contributed by atoms with Gasteiger partial charge >= 0.3 is 6.09 Å². The molecule has 130 valence electrons. The van der Waals surface area contributed by atoms with Crippen molar-refractivity contribution in [3.8, 4) is 0 Å². The minimum absolute atomic E-state index is 0.122. The first-order valence-electron chi connectivity index (χ1n) is 8.62. The van der Waals surface area contributed by atoms with E-state index in [0.29, 0.717) is 16.9 Å². The van der Waals surface area contributed by atoms with Crippen molar-refractivity contribution in [2.45, 2.75) is 20.3 Å². The maximum absolute atomic E-state index is 12.9. The summed E-state index contributed by atoms with van der Waals surface area (Å²) in [7, 11) is 0. The number of benzene rings is 1. The highest BCUT2D eigenvalue weighted by Gasteiger charge is 2.59. The number of amides is 3. The van der Waals surface area contributed by atoms with Crippen LogP contribution in [0.2, 0.25) is 0 Å². The molecule has 2 fully saturated rings. The number of nitrogens with one attached hydrogen (secondary N) is 1. The number of anilines is 2. The Balaban J connectivity index is 1.66. The fraction of sp³-hybridized carbons (Fsp3) is 0.421. The van der Waals surface area contributed by atoms with Crippen LogP contribution in [0.15, 0.2) is 30.4 Å². The normalized spacial score (nSPS) is 29.3. The van der Waals surface area contributed by atoms with Crippen molar-refractivity contribution < 1.29 is 19.1 Å². The lowest BCUT2D eigenvalue weighted by Crippen LogP contribution is -2.33. The van der Waals surface area contributed by atoms with Crippen LogP contribution in [-0.4, -0.2) is 24.5 Å². The van der Waals surface area contributed by atoms with Crippen molar-refractivity contribution in [1.82, 2.24) is 0 Å². The summed E-state index contributed by atoms with van der Waals surface area (Å²) in [5, 5.41) is 2.66. The number of hydrogen-bond donors (Lipinski definition) is 1. The molecule has 1 aliphatic heterocycles. The summed E-state index contributed by atoms with van der Waals surface area (Å²) in [6.07, 6.45) is 4.50. The molecule has 4 rings (SSSR count). The molecule has 25 heavy (non-hydrogen) atoms. The molecule has 3 aliphatic rings. The number of imide groups is 1. The fourth-order valence-corrected chi connectivity index (χ4v) is 4.42. The molecular weight excluding hydrogens is 320 g/mol. The lowest BCUT2D eigenvalue weighted by atomic mass is 9.85. The molecule has 1 saturated carbocycles. The molecule has 0 radical (unpaired) electrons. The minimum Gasteiger partial charge on any atom is -0.450 e. The Morgan fingerprint density at radius 2 is 1.84 bits per heavy atom. The van der Waals surface area contributed by atoms with E-state index in [4.69, 9.17) is 4.74 Å². The second kappa shape index (κ2) is 5.72. The predicted octanol–water partition coefficient (Wildman–Crippen LogP) is 2.87. The van der Waals surface area contributed by atoms with Crippen molar-refractivity contribution in [1.29, 1.82) is 0 Å². The average molecular weight is 340 g/mol. The first kappa shape index (κ1) is 15.9. The van der Waals surface area contributed by atoms with E-state index in [9.17, 15) is 14.4 Å². The van der Waals surface area contributed by atoms with Gasteiger partial charge in [0.15, 0.2) is 0 Å². The standard InChI is InChI=1S/C19H20N2O4/c1-3-25-19(24)20-13-5-4-6-14(10(13)2)21-17(22)15-11-7-8-12(9-11)16(15)18(21)23/h4-8,11-12,15-16H,3,9H2,1-2H3,(H,20,24). The van der Waals surface area contributed by atoms with Gasteiger partial charge in [-0.25, -0.2) is 9.69 Å². The van der Waals surface area contributed by atoms with Crippen molar-refractivity contribution in [3.05, 3.63) is 35.9 Å². The van der Waals surface area contributed by atoms with E-state index in [1.54, 1.807) is 32.0 Å². The summed E-state index contributed by atoms with van der Waals surface area (Å²) in [5.41, 5.74) is 1.75. The molecule has 1 N–H and O–H groups in total. The van der Waals surface area contributed by atoms with Gasteiger partial charge in [0.25, 0.3) is 0 Å². The second-order valence-electron chi connectivity index (χ2n) is 6.81. The quantitative estimate of drug-likeness (QED) is 0.678. The molecule has 4 atom stereocenters. The molecule has 2 aliphatic carbocycles. The third-order valence-electron chi connectivity index (χ3n) is 5.53. The van der Waals surface area contributed by atoms with Gasteiger partial charge in [-0.2, -0.15) is 0 Å². The van der Waals surface area contributed by atoms with Crippen LogP contribution in [-0.2, 0) is 14.3 Å². The number of carbonyl (C=O) groups is 3. The number of fused-ring (bicyclic) bond motifs is 5. The Bertz CT molecular complexity index is 771. The van der Waals surface area contributed by atoms with Gasteiger partial charge in [0, 0.05) is 5.69 Å². The Hall–Kier alpha value is -2.63. The van der Waals surface area contributed by atoms with Gasteiger partial charge in [-0.15, -0.1) is 0 Å². The largest absolute Gasteiger partial charge is 0.450 e. The minimum atomic E-state index is -0.555. The Morgan fingerprint density at radius 1 is 1.20 bits per heavy atom. The Morgan fingerprint density at radius 3 is 2.44 bits per heavy atom. The Labute approximate surface area is 145 Å². The van der Waals surface area contributed by atoms with Crippen LogP contribution in [0.5, 0.6) is 0 Å². The predicted molar refractivity (Wildman–Crippen MR) is 92.0 cm³/mol. The molecule has 1 aromatic rings. The Kier molecular flexibility index (Phi) is 3.63. The highest BCUT2D eigenvalue weighted by molar-refractivity contribution is 6.23. The van der Waals surface area contributed by atoms with Crippen molar-refractivity contribution >= 4 is 29.3 Å². The van der Waals surface area contributed by atoms with Gasteiger partial charge in [0.05, 0.1) is 24.1 Å². The zero-order chi connectivity index (χ0) is 17.7. The van der Waals surface area contributed by atoms with Gasteiger partial charge < -0.3 is 4.74 Å². The molecule has 3 amide bonds. The maximum Gasteiger partial charge on any atom is 0.411 e. The van der Waals surface area contributed by atoms with Crippen LogP contribution in [0.3, 0.4) is 0 Å². The fourth-order valence-electron chi connectivity index (χ4n) is 4.42. The first-order chi connectivity index (χ1) is 12.0. The molecular formula is C19H20N2O4. The number of hydrogen-bond acceptors (Lipinski definition) is 4. The van der Waals surface area contributed by atoms with Crippen molar-refractivity contribution in [2.24, 2.45) is 23.7 Å². The summed E-state index contributed by atoms with van der Waals surface area (Å²) in [4.78, 5) is 38.9. The van der Waals surface area contributed by atoms with Crippen LogP contribution in [0, 0.1) is 30.6 Å². The summed E-state index contributed by atoms with van der Waals surface area (Å²) in [6.45, 7) is 3.79. The molecule has 1 aromatic carbocycles. The maximum atomic E-state index is 12.9. The van der Waals surface area contributed by atoms with E-state index >= 15 is 0 Å². The van der Waals surface area contributed by atoms with Crippen molar-refractivity contribution in [2.75, 3.05) is 16.8 Å². The summed E-state index contributed by atoms with van der Waals surface area (Å²) < 4.78 is 4.90. The lowest BCUT2D eigenvalue weighted by molar-refractivity contribution is -0.123. The highest BCUT2D eigenvalue weighted by Crippen LogP contribution is 2.53. The number of nitrogens with zero attached hydrogens (tertiary/aromatic N) is 1.